The molecule has 0 spiro atoms. The van der Waals surface area contributed by atoms with Gasteiger partial charge in [-0.1, -0.05) is 13.8 Å². The number of nitrogens with two attached hydrogens (primary N) is 1. The second-order valence-electron chi connectivity index (χ2n) is 10.8. The third-order valence-corrected chi connectivity index (χ3v) is 11.2. The quantitative estimate of drug-likeness (QED) is 0.440. The van der Waals surface area contributed by atoms with Gasteiger partial charge in [0.1, 0.15) is 5.82 Å². The Bertz CT molecular complexity index is 1550. The first-order chi connectivity index (χ1) is 18.2. The number of fused-ring (bicyclic) bond motifs is 1. The topological polar surface area (TPSA) is 133 Å². The van der Waals surface area contributed by atoms with E-state index in [1.54, 1.807) is 13.1 Å². The molecule has 6 rings (SSSR count). The van der Waals surface area contributed by atoms with Crippen molar-refractivity contribution in [2.75, 3.05) is 24.7 Å². The van der Waals surface area contributed by atoms with Crippen LogP contribution >= 0.6 is 11.3 Å². The Morgan fingerprint density at radius 1 is 1.24 bits per heavy atom. The van der Waals surface area contributed by atoms with Gasteiger partial charge in [-0.3, -0.25) is 0 Å². The van der Waals surface area contributed by atoms with Crippen molar-refractivity contribution >= 4 is 42.7 Å². The van der Waals surface area contributed by atoms with Gasteiger partial charge >= 0.3 is 0 Å². The molecule has 3 aliphatic heterocycles. The number of nitrogens with zero attached hydrogens (tertiary/aromatic N) is 3. The van der Waals surface area contributed by atoms with Crippen LogP contribution in [0.1, 0.15) is 62.1 Å². The maximum Gasteiger partial charge on any atom is 0.246 e. The molecule has 3 aliphatic rings. The monoisotopic (exact) mass is 555 g/mol. The number of pyridine rings is 1. The number of nitrogens with one attached hydrogen (secondary N) is 1. The Balaban J connectivity index is 1.55. The molecule has 0 aliphatic carbocycles. The van der Waals surface area contributed by atoms with Gasteiger partial charge in [-0.25, -0.2) is 13.4 Å². The van der Waals surface area contributed by atoms with Crippen molar-refractivity contribution in [3.8, 4) is 0 Å². The van der Waals surface area contributed by atoms with Gasteiger partial charge in [-0.05, 0) is 55.0 Å². The number of dihydropyridines is 1. The average molecular weight is 556 g/mol. The summed E-state index contributed by atoms with van der Waals surface area (Å²) in [5.74, 6) is 1.39. The lowest BCUT2D eigenvalue weighted by molar-refractivity contribution is 0.0639. The minimum atomic E-state index is -3.54. The number of hydrogen-bond acceptors (Lipinski definition) is 10. The van der Waals surface area contributed by atoms with Crippen molar-refractivity contribution in [2.45, 2.75) is 52.4 Å². The van der Waals surface area contributed by atoms with Gasteiger partial charge in [-0.2, -0.15) is 0 Å². The van der Waals surface area contributed by atoms with Crippen LogP contribution in [0.2, 0.25) is 0 Å². The van der Waals surface area contributed by atoms with Gasteiger partial charge in [-0.15, -0.1) is 21.5 Å². The zero-order valence-corrected chi connectivity index (χ0v) is 23.5. The Morgan fingerprint density at radius 2 is 2.03 bits per heavy atom. The lowest BCUT2D eigenvalue weighted by Gasteiger charge is -2.32. The zero-order chi connectivity index (χ0) is 26.6. The van der Waals surface area contributed by atoms with E-state index in [9.17, 15) is 8.42 Å². The van der Waals surface area contributed by atoms with Gasteiger partial charge in [0, 0.05) is 54.1 Å². The summed E-state index contributed by atoms with van der Waals surface area (Å²) >= 11 is 1.49. The summed E-state index contributed by atoms with van der Waals surface area (Å²) in [5.41, 5.74) is 8.76. The number of aromatic nitrogens is 3. The van der Waals surface area contributed by atoms with Gasteiger partial charge in [0.05, 0.1) is 21.3 Å². The fourth-order valence-corrected chi connectivity index (χ4v) is 9.57. The number of rotatable bonds is 6. The van der Waals surface area contributed by atoms with Gasteiger partial charge in [0.15, 0.2) is 9.84 Å². The third-order valence-electron chi connectivity index (χ3n) is 8.00. The van der Waals surface area contributed by atoms with Crippen LogP contribution in [0.4, 0.5) is 5.82 Å². The van der Waals surface area contributed by atoms with E-state index in [0.29, 0.717) is 28.4 Å². The first-order valence-electron chi connectivity index (χ1n) is 13.2. The number of anilines is 1. The molecule has 0 aromatic carbocycles. The predicted octanol–water partition coefficient (Wildman–Crippen LogP) is 4.79. The lowest BCUT2D eigenvalue weighted by Crippen LogP contribution is -2.29. The Morgan fingerprint density at radius 3 is 2.71 bits per heavy atom. The van der Waals surface area contributed by atoms with Crippen LogP contribution in [0, 0.1) is 24.7 Å². The molecule has 6 heterocycles. The Kier molecular flexibility index (Phi) is 6.56. The molecular formula is C27H33N5O4S2. The molecule has 2 atom stereocenters. The van der Waals surface area contributed by atoms with E-state index in [1.165, 1.54) is 11.3 Å². The van der Waals surface area contributed by atoms with Crippen LogP contribution in [0.15, 0.2) is 39.0 Å². The summed E-state index contributed by atoms with van der Waals surface area (Å²) in [6.45, 7) is 7.49. The van der Waals surface area contributed by atoms with Gasteiger partial charge in [0.25, 0.3) is 0 Å². The largest absolute Gasteiger partial charge is 0.421 e. The molecule has 11 heteroatoms. The molecule has 3 aromatic rings. The van der Waals surface area contributed by atoms with Crippen molar-refractivity contribution in [1.82, 2.24) is 20.5 Å². The Hall–Kier alpha value is -2.76. The molecule has 0 radical (unpaired) electrons. The normalized spacial score (nSPS) is 23.9. The van der Waals surface area contributed by atoms with Crippen LogP contribution in [-0.4, -0.2) is 42.6 Å². The molecule has 0 amide bonds. The average Bonchev–Trinajstić information content (AvgIpc) is 3.58. The summed E-state index contributed by atoms with van der Waals surface area (Å²) in [7, 11) is -3.54. The number of thiophene rings is 1. The smallest absolute Gasteiger partial charge is 0.246 e. The van der Waals surface area contributed by atoms with E-state index in [4.69, 9.17) is 14.9 Å². The first kappa shape index (κ1) is 25.5. The summed E-state index contributed by atoms with van der Waals surface area (Å²) in [6.07, 6.45) is 5.48. The molecule has 0 bridgehead atoms. The van der Waals surface area contributed by atoms with Gasteiger partial charge < -0.3 is 20.2 Å². The molecule has 3 N–H and O–H groups in total. The molecular weight excluding hydrogens is 522 g/mol. The van der Waals surface area contributed by atoms with E-state index in [0.717, 1.165) is 70.8 Å². The van der Waals surface area contributed by atoms with E-state index < -0.39 is 15.8 Å². The number of aryl methyl sites for hydroxylation is 1. The molecule has 3 aromatic heterocycles. The summed E-state index contributed by atoms with van der Waals surface area (Å²) in [4.78, 5) is 5.57. The predicted molar refractivity (Wildman–Crippen MR) is 148 cm³/mol. The number of ether oxygens (including phenoxy) is 1. The highest BCUT2D eigenvalue weighted by molar-refractivity contribution is 7.95. The number of hydrogen-bond donors (Lipinski definition) is 2. The number of allylic oxidation sites excluding steroid dienone is 4. The Labute approximate surface area is 226 Å². The van der Waals surface area contributed by atoms with Crippen molar-refractivity contribution in [3.05, 3.63) is 51.3 Å². The minimum Gasteiger partial charge on any atom is -0.421 e. The SMILES string of the molecule is Cc1nnc(C2=C(CCC3CCOCC3)NC3=C(C2c2cc4ccnc(N)c4s2)S(=O)(=O)CC3C(C)C)o1. The molecule has 1 fully saturated rings. The minimum absolute atomic E-state index is 0.0941. The highest BCUT2D eigenvalue weighted by atomic mass is 32.2. The van der Waals surface area contributed by atoms with E-state index in [1.807, 2.05) is 12.1 Å². The fourth-order valence-electron chi connectivity index (χ4n) is 5.97. The summed E-state index contributed by atoms with van der Waals surface area (Å²) in [5, 5.41) is 13.1. The summed E-state index contributed by atoms with van der Waals surface area (Å²) < 4.78 is 40.1. The van der Waals surface area contributed by atoms with Crippen LogP contribution in [0.3, 0.4) is 0 Å². The highest BCUT2D eigenvalue weighted by Crippen LogP contribution is 2.53. The summed E-state index contributed by atoms with van der Waals surface area (Å²) in [6, 6.07) is 3.95. The second-order valence-corrected chi connectivity index (χ2v) is 13.9. The zero-order valence-electron chi connectivity index (χ0n) is 21.9. The molecule has 9 nitrogen and oxygen atoms in total. The third kappa shape index (κ3) is 4.44. The maximum atomic E-state index is 13.8. The van der Waals surface area contributed by atoms with E-state index in [2.05, 4.69) is 34.3 Å². The van der Waals surface area contributed by atoms with Crippen molar-refractivity contribution in [2.24, 2.45) is 17.8 Å². The van der Waals surface area contributed by atoms with Crippen LogP contribution < -0.4 is 11.1 Å². The fraction of sp³-hybridized carbons (Fsp3) is 0.519. The van der Waals surface area contributed by atoms with Crippen LogP contribution in [0.25, 0.3) is 15.7 Å². The second kappa shape index (κ2) is 9.77. The standard InChI is InChI=1S/C27H33N5O4S2/c1-14(2)18-13-38(33,34)25-22(20-12-17-6-9-29-26(28)24(17)37-20)21(27-32-31-15(3)36-27)19(30-23(18)25)5-4-16-7-10-35-11-8-16/h6,9,12,14,16,18,22,30H,4-5,7-8,10-11,13H2,1-3H3,(H2,28,29). The van der Waals surface area contributed by atoms with Gasteiger partial charge in [0.2, 0.25) is 11.8 Å². The molecule has 2 unspecified atom stereocenters. The van der Waals surface area contributed by atoms with E-state index in [-0.39, 0.29) is 17.6 Å². The molecule has 202 valence electrons. The van der Waals surface area contributed by atoms with Crippen molar-refractivity contribution < 1.29 is 17.6 Å². The molecule has 38 heavy (non-hydrogen) atoms. The lowest BCUT2D eigenvalue weighted by atomic mass is 9.83. The maximum absolute atomic E-state index is 13.8. The first-order valence-corrected chi connectivity index (χ1v) is 15.7. The van der Waals surface area contributed by atoms with E-state index >= 15 is 0 Å². The van der Waals surface area contributed by atoms with Crippen LogP contribution in [-0.2, 0) is 14.6 Å². The number of sulfone groups is 1. The van der Waals surface area contributed by atoms with Crippen LogP contribution in [0.5, 0.6) is 0 Å². The molecule has 1 saturated heterocycles. The molecule has 0 saturated carbocycles. The van der Waals surface area contributed by atoms with Crippen molar-refractivity contribution in [3.63, 3.8) is 0 Å². The number of nitrogen functional groups attached to an aromatic ring is 1. The highest BCUT2D eigenvalue weighted by Gasteiger charge is 2.49. The van der Waals surface area contributed by atoms with Crippen molar-refractivity contribution in [1.29, 1.82) is 0 Å².